The Labute approximate surface area is 214 Å². The summed E-state index contributed by atoms with van der Waals surface area (Å²) in [6.07, 6.45) is 1.67. The van der Waals surface area contributed by atoms with Crippen LogP contribution < -0.4 is 15.8 Å². The van der Waals surface area contributed by atoms with Crippen molar-refractivity contribution in [3.8, 4) is 28.8 Å². The zero-order valence-corrected chi connectivity index (χ0v) is 19.3. The van der Waals surface area contributed by atoms with Crippen LogP contribution in [0.1, 0.15) is 29.7 Å². The van der Waals surface area contributed by atoms with Gasteiger partial charge in [-0.15, -0.1) is 0 Å². The molecule has 5 rings (SSSR count). The minimum atomic E-state index is -0.699. The predicted molar refractivity (Wildman–Crippen MR) is 142 cm³/mol. The molecule has 1 aromatic heterocycles. The zero-order chi connectivity index (χ0) is 25.1. The van der Waals surface area contributed by atoms with Crippen molar-refractivity contribution in [3.05, 3.63) is 101 Å². The van der Waals surface area contributed by atoms with Crippen molar-refractivity contribution in [1.82, 2.24) is 9.97 Å². The largest absolute Gasteiger partial charge is 0.497 e. The maximum atomic E-state index is 14.8. The molecular formula is C29H25F2N5O. The Morgan fingerprint density at radius 1 is 1.03 bits per heavy atom. The molecule has 0 fully saturated rings. The van der Waals surface area contributed by atoms with Gasteiger partial charge in [-0.2, -0.15) is 0 Å². The highest BCUT2D eigenvalue weighted by molar-refractivity contribution is 6.17. The quantitative estimate of drug-likeness (QED) is 0.365. The lowest BCUT2D eigenvalue weighted by Crippen LogP contribution is -2.10. The molecule has 0 amide bonds. The summed E-state index contributed by atoms with van der Waals surface area (Å²) in [5.41, 5.74) is 9.44. The summed E-state index contributed by atoms with van der Waals surface area (Å²) in [6.45, 7) is 0.339. The molecule has 0 unspecified atom stereocenters. The molecule has 0 bridgehead atoms. The van der Waals surface area contributed by atoms with Crippen molar-refractivity contribution in [2.75, 3.05) is 19.0 Å². The van der Waals surface area contributed by atoms with Crippen LogP contribution in [0.2, 0.25) is 0 Å². The lowest BCUT2D eigenvalue weighted by atomic mass is 9.93. The molecule has 1 aliphatic heterocycles. The molecule has 2 heterocycles. The molecule has 0 saturated carbocycles. The Kier molecular flexibility index (Phi) is 7.56. The van der Waals surface area contributed by atoms with Gasteiger partial charge in [-0.1, -0.05) is 37.5 Å². The lowest BCUT2D eigenvalue weighted by Gasteiger charge is -2.14. The second-order valence-corrected chi connectivity index (χ2v) is 7.95. The van der Waals surface area contributed by atoms with Gasteiger partial charge in [0, 0.05) is 40.2 Å². The van der Waals surface area contributed by atoms with Crippen LogP contribution in [0, 0.1) is 23.5 Å². The molecule has 0 atom stereocenters. The van der Waals surface area contributed by atoms with Crippen LogP contribution in [-0.4, -0.2) is 29.3 Å². The zero-order valence-electron chi connectivity index (χ0n) is 19.3. The number of nitrogens with two attached hydrogens (primary N) is 1. The first kappa shape index (κ1) is 25.5. The first-order chi connectivity index (χ1) is 17.6. The first-order valence-electron chi connectivity index (χ1n) is 11.2. The molecule has 0 spiro atoms. The Hall–Kier alpha value is -4.61. The van der Waals surface area contributed by atoms with Crippen LogP contribution >= 0.6 is 0 Å². The Bertz CT molecular complexity index is 1540. The number of nitrogens with one attached hydrogen (secondary N) is 1. The topological polar surface area (TPSA) is 85.4 Å². The highest BCUT2D eigenvalue weighted by Gasteiger charge is 2.25. The number of hydrogen-bond donors (Lipinski definition) is 2. The van der Waals surface area contributed by atoms with Crippen molar-refractivity contribution < 1.29 is 13.5 Å². The van der Waals surface area contributed by atoms with Gasteiger partial charge in [0.15, 0.2) is 0 Å². The molecule has 0 aliphatic carbocycles. The van der Waals surface area contributed by atoms with E-state index in [2.05, 4.69) is 27.1 Å². The summed E-state index contributed by atoms with van der Waals surface area (Å²) in [5.74, 6) is 5.45. The summed E-state index contributed by atoms with van der Waals surface area (Å²) in [7, 11) is 1.59. The molecule has 0 saturated heterocycles. The van der Waals surface area contributed by atoms with Gasteiger partial charge in [0.05, 0.1) is 37.2 Å². The number of benzene rings is 3. The van der Waals surface area contributed by atoms with Crippen LogP contribution in [0.15, 0.2) is 71.9 Å². The van der Waals surface area contributed by atoms with E-state index in [0.29, 0.717) is 34.1 Å². The van der Waals surface area contributed by atoms with Crippen LogP contribution in [0.25, 0.3) is 11.3 Å². The third kappa shape index (κ3) is 5.17. The van der Waals surface area contributed by atoms with E-state index in [1.54, 1.807) is 19.4 Å². The molecule has 0 radical (unpaired) electrons. The standard InChI is InChI=1S/C28H21F2N5O.CH4/c1-36-20-7-2-6-19(14-20)34-28-33-16-18-15-32-27(25-23(29)8-3-9-24(25)30)22-13-17(5-4-12-31)10-11-21(22)26(18)35-28;/h2-3,6-11,13-14,16H,12,15,31H2,1H3,(H,33,34,35);1H4. The highest BCUT2D eigenvalue weighted by Crippen LogP contribution is 2.34. The Balaban J connectivity index is 0.00000320. The molecule has 6 nitrogen and oxygen atoms in total. The van der Waals surface area contributed by atoms with Gasteiger partial charge in [0.25, 0.3) is 0 Å². The van der Waals surface area contributed by atoms with Crippen LogP contribution in [0.4, 0.5) is 20.4 Å². The minimum absolute atomic E-state index is 0. The van der Waals surface area contributed by atoms with Crippen molar-refractivity contribution in [3.63, 3.8) is 0 Å². The molecule has 1 aliphatic rings. The third-order valence-electron chi connectivity index (χ3n) is 5.66. The fourth-order valence-electron chi connectivity index (χ4n) is 4.01. The number of anilines is 2. The smallest absolute Gasteiger partial charge is 0.227 e. The van der Waals surface area contributed by atoms with E-state index in [4.69, 9.17) is 15.5 Å². The summed E-state index contributed by atoms with van der Waals surface area (Å²) in [5, 5.41) is 3.18. The van der Waals surface area contributed by atoms with Crippen molar-refractivity contribution in [1.29, 1.82) is 0 Å². The molecular weight excluding hydrogens is 472 g/mol. The molecule has 3 aromatic carbocycles. The summed E-state index contributed by atoms with van der Waals surface area (Å²) in [4.78, 5) is 13.8. The second kappa shape index (κ2) is 11.0. The average molecular weight is 498 g/mol. The van der Waals surface area contributed by atoms with Gasteiger partial charge in [-0.05, 0) is 36.4 Å². The van der Waals surface area contributed by atoms with E-state index < -0.39 is 11.6 Å². The van der Waals surface area contributed by atoms with E-state index in [1.165, 1.54) is 18.2 Å². The number of nitrogens with zero attached hydrogens (tertiary/aromatic N) is 3. The average Bonchev–Trinajstić information content (AvgIpc) is 3.04. The third-order valence-corrected chi connectivity index (χ3v) is 5.66. The number of halogens is 2. The maximum absolute atomic E-state index is 14.8. The van der Waals surface area contributed by atoms with Gasteiger partial charge in [0.2, 0.25) is 5.95 Å². The normalized spacial score (nSPS) is 11.5. The highest BCUT2D eigenvalue weighted by atomic mass is 19.1. The number of aliphatic imine (C=N–C) groups is 1. The van der Waals surface area contributed by atoms with Gasteiger partial charge in [-0.3, -0.25) is 4.99 Å². The fraction of sp³-hybridized carbons (Fsp3) is 0.138. The molecule has 186 valence electrons. The number of methoxy groups -OCH3 is 1. The van der Waals surface area contributed by atoms with Gasteiger partial charge in [0.1, 0.15) is 17.4 Å². The van der Waals surface area contributed by atoms with Gasteiger partial charge < -0.3 is 15.8 Å². The number of hydrogen-bond acceptors (Lipinski definition) is 6. The summed E-state index contributed by atoms with van der Waals surface area (Å²) < 4.78 is 35.0. The Morgan fingerprint density at radius 3 is 2.57 bits per heavy atom. The van der Waals surface area contributed by atoms with Gasteiger partial charge >= 0.3 is 0 Å². The van der Waals surface area contributed by atoms with E-state index in [-0.39, 0.29) is 31.8 Å². The van der Waals surface area contributed by atoms with Crippen molar-refractivity contribution in [2.24, 2.45) is 10.7 Å². The predicted octanol–water partition coefficient (Wildman–Crippen LogP) is 5.47. The summed E-state index contributed by atoms with van der Waals surface area (Å²) >= 11 is 0. The number of rotatable bonds is 4. The molecule has 8 heteroatoms. The van der Waals surface area contributed by atoms with E-state index in [9.17, 15) is 8.78 Å². The first-order valence-corrected chi connectivity index (χ1v) is 11.2. The number of ether oxygens (including phenoxy) is 1. The molecule has 37 heavy (non-hydrogen) atoms. The van der Waals surface area contributed by atoms with Gasteiger partial charge in [-0.25, -0.2) is 18.7 Å². The monoisotopic (exact) mass is 497 g/mol. The van der Waals surface area contributed by atoms with Crippen LogP contribution in [-0.2, 0) is 6.54 Å². The molecule has 3 N–H and O–H groups in total. The van der Waals surface area contributed by atoms with Crippen LogP contribution in [0.3, 0.4) is 0 Å². The van der Waals surface area contributed by atoms with Crippen molar-refractivity contribution >= 4 is 17.3 Å². The second-order valence-electron chi connectivity index (χ2n) is 7.95. The number of fused-ring (bicyclic) bond motifs is 3. The Morgan fingerprint density at radius 2 is 1.81 bits per heavy atom. The SMILES string of the molecule is C.COc1cccc(Nc2ncc3c(n2)-c2ccc(C#CCN)cc2C(c2c(F)cccc2F)=NC3)c1. The van der Waals surface area contributed by atoms with E-state index >= 15 is 0 Å². The van der Waals surface area contributed by atoms with E-state index in [1.807, 2.05) is 36.4 Å². The fourth-order valence-corrected chi connectivity index (χ4v) is 4.01. The van der Waals surface area contributed by atoms with Crippen molar-refractivity contribution in [2.45, 2.75) is 14.0 Å². The molecule has 4 aromatic rings. The number of aromatic nitrogens is 2. The minimum Gasteiger partial charge on any atom is -0.497 e. The lowest BCUT2D eigenvalue weighted by molar-refractivity contribution is 0.415. The van der Waals surface area contributed by atoms with Crippen LogP contribution in [0.5, 0.6) is 5.75 Å². The van der Waals surface area contributed by atoms with E-state index in [0.717, 1.165) is 11.3 Å². The maximum Gasteiger partial charge on any atom is 0.227 e. The summed E-state index contributed by atoms with van der Waals surface area (Å²) in [6, 6.07) is 16.6.